The van der Waals surface area contributed by atoms with Crippen molar-refractivity contribution in [3.05, 3.63) is 71.8 Å². The lowest BCUT2D eigenvalue weighted by molar-refractivity contribution is -0.134. The van der Waals surface area contributed by atoms with Crippen molar-refractivity contribution in [3.63, 3.8) is 0 Å². The van der Waals surface area contributed by atoms with Gasteiger partial charge >= 0.3 is 7.05 Å². The van der Waals surface area contributed by atoms with E-state index in [1.807, 2.05) is 47.8 Å². The topological polar surface area (TPSA) is 122 Å². The van der Waals surface area contributed by atoms with Gasteiger partial charge in [-0.3, -0.25) is 14.5 Å². The Morgan fingerprint density at radius 2 is 1.63 bits per heavy atom. The molecule has 10 nitrogen and oxygen atoms in total. The van der Waals surface area contributed by atoms with Crippen LogP contribution in [0.3, 0.4) is 0 Å². The van der Waals surface area contributed by atoms with E-state index in [0.29, 0.717) is 48.1 Å². The number of piperazine rings is 1. The Morgan fingerprint density at radius 3 is 2.30 bits per heavy atom. The fourth-order valence-electron chi connectivity index (χ4n) is 6.03. The molecule has 2 aliphatic heterocycles. The van der Waals surface area contributed by atoms with Crippen LogP contribution in [0.25, 0.3) is 10.8 Å². The minimum Gasteiger partial charge on any atom is -0.437 e. The van der Waals surface area contributed by atoms with E-state index in [1.54, 1.807) is 43.2 Å². The number of sulfonamides is 1. The van der Waals surface area contributed by atoms with Gasteiger partial charge in [-0.05, 0) is 49.8 Å². The molecular formula is C31H40BN5O5S. The predicted octanol–water partition coefficient (Wildman–Crippen LogP) is 2.64. The first kappa shape index (κ1) is 31.1. The molecule has 3 N–H and O–H groups in total. The first-order valence-corrected chi connectivity index (χ1v) is 16.3. The summed E-state index contributed by atoms with van der Waals surface area (Å²) < 4.78 is 30.3. The summed E-state index contributed by atoms with van der Waals surface area (Å²) in [4.78, 5) is 32.1. The molecule has 12 heteroatoms. The van der Waals surface area contributed by atoms with Crippen LogP contribution in [0.4, 0.5) is 5.69 Å². The minimum atomic E-state index is -3.90. The third-order valence-corrected chi connectivity index (χ3v) is 10.2. The molecule has 0 unspecified atom stereocenters. The zero-order valence-corrected chi connectivity index (χ0v) is 25.8. The van der Waals surface area contributed by atoms with Gasteiger partial charge in [0.2, 0.25) is 15.9 Å². The van der Waals surface area contributed by atoms with Gasteiger partial charge in [-0.1, -0.05) is 49.4 Å². The van der Waals surface area contributed by atoms with Crippen LogP contribution in [0.2, 0.25) is 6.82 Å². The lowest BCUT2D eigenvalue weighted by Gasteiger charge is -2.39. The summed E-state index contributed by atoms with van der Waals surface area (Å²) in [6, 6.07) is 17.3. The number of benzene rings is 3. The molecule has 0 bridgehead atoms. The van der Waals surface area contributed by atoms with Gasteiger partial charge in [-0.15, -0.1) is 0 Å². The maximum absolute atomic E-state index is 13.7. The number of piperidine rings is 1. The Balaban J connectivity index is 1.24. The number of hydrogen-bond acceptors (Lipinski definition) is 7. The number of hydrogen-bond donors (Lipinski definition) is 3. The van der Waals surface area contributed by atoms with Gasteiger partial charge in [-0.25, -0.2) is 13.1 Å². The number of carbonyl (C=O) groups is 2. The van der Waals surface area contributed by atoms with Gasteiger partial charge in [0, 0.05) is 67.3 Å². The Morgan fingerprint density at radius 1 is 0.953 bits per heavy atom. The highest BCUT2D eigenvalue weighted by atomic mass is 32.2. The lowest BCUT2D eigenvalue weighted by Crippen LogP contribution is -2.56. The normalized spacial score (nSPS) is 20.2. The molecular weight excluding hydrogens is 565 g/mol. The average molecular weight is 606 g/mol. The molecule has 0 saturated carbocycles. The molecule has 0 aliphatic carbocycles. The summed E-state index contributed by atoms with van der Waals surface area (Å²) in [6.07, 6.45) is 0.518. The van der Waals surface area contributed by atoms with Crippen molar-refractivity contribution in [2.75, 3.05) is 51.1 Å². The van der Waals surface area contributed by atoms with Crippen LogP contribution < -0.4 is 10.0 Å². The van der Waals surface area contributed by atoms with Gasteiger partial charge in [0.25, 0.3) is 5.91 Å². The summed E-state index contributed by atoms with van der Waals surface area (Å²) in [5.41, 5.74) is 1.95. The van der Waals surface area contributed by atoms with E-state index in [1.165, 1.54) is 0 Å². The summed E-state index contributed by atoms with van der Waals surface area (Å²) in [7, 11) is -4.38. The second kappa shape index (κ2) is 13.1. The van der Waals surface area contributed by atoms with E-state index in [0.717, 1.165) is 31.7 Å². The van der Waals surface area contributed by atoms with Crippen molar-refractivity contribution in [3.8, 4) is 0 Å². The number of nitrogens with zero attached hydrogens (tertiary/aromatic N) is 3. The molecule has 2 fully saturated rings. The molecule has 0 spiro atoms. The van der Waals surface area contributed by atoms with Crippen LogP contribution in [0, 0.1) is 12.8 Å². The second-order valence-electron chi connectivity index (χ2n) is 11.7. The quantitative estimate of drug-likeness (QED) is 0.338. The van der Waals surface area contributed by atoms with Gasteiger partial charge < -0.3 is 20.1 Å². The molecule has 43 heavy (non-hydrogen) atoms. The smallest absolute Gasteiger partial charge is 0.376 e. The van der Waals surface area contributed by atoms with Gasteiger partial charge in [0.1, 0.15) is 0 Å². The van der Waals surface area contributed by atoms with Crippen molar-refractivity contribution in [1.82, 2.24) is 19.3 Å². The summed E-state index contributed by atoms with van der Waals surface area (Å²) in [5.74, 6) is -0.277. The van der Waals surface area contributed by atoms with Crippen LogP contribution in [0.1, 0.15) is 29.3 Å². The fraction of sp³-hybridized carbons (Fsp3) is 0.419. The van der Waals surface area contributed by atoms with Crippen LogP contribution in [0.15, 0.2) is 65.6 Å². The molecule has 5 rings (SSSR count). The van der Waals surface area contributed by atoms with E-state index in [-0.39, 0.29) is 28.7 Å². The highest BCUT2D eigenvalue weighted by Crippen LogP contribution is 2.31. The number of carbonyl (C=O) groups excluding carboxylic acids is 2. The molecule has 2 amide bonds. The molecule has 3 aromatic carbocycles. The van der Waals surface area contributed by atoms with Crippen LogP contribution >= 0.6 is 0 Å². The highest BCUT2D eigenvalue weighted by Gasteiger charge is 2.33. The molecule has 0 radical (unpaired) electrons. The lowest BCUT2D eigenvalue weighted by atomic mass is 9.84. The first-order valence-electron chi connectivity index (χ1n) is 14.9. The monoisotopic (exact) mass is 605 g/mol. The Hall–Kier alpha value is -3.29. The highest BCUT2D eigenvalue weighted by molar-refractivity contribution is 7.89. The number of aryl methyl sites for hydroxylation is 1. The van der Waals surface area contributed by atoms with E-state index >= 15 is 0 Å². The average Bonchev–Trinajstić information content (AvgIpc) is 2.98. The zero-order chi connectivity index (χ0) is 30.7. The van der Waals surface area contributed by atoms with E-state index in [4.69, 9.17) is 0 Å². The van der Waals surface area contributed by atoms with Crippen LogP contribution in [0.5, 0.6) is 0 Å². The third-order valence-electron chi connectivity index (χ3n) is 8.67. The van der Waals surface area contributed by atoms with Crippen molar-refractivity contribution < 1.29 is 23.0 Å². The van der Waals surface area contributed by atoms with E-state index < -0.39 is 17.1 Å². The van der Waals surface area contributed by atoms with E-state index in [2.05, 4.69) is 14.9 Å². The minimum absolute atomic E-state index is 0.0491. The number of fused-ring (bicyclic) bond motifs is 1. The maximum atomic E-state index is 13.7. The number of anilines is 1. The Bertz CT molecular complexity index is 1590. The zero-order valence-electron chi connectivity index (χ0n) is 25.0. The summed E-state index contributed by atoms with van der Waals surface area (Å²) >= 11 is 0. The Labute approximate surface area is 254 Å². The van der Waals surface area contributed by atoms with Crippen molar-refractivity contribution >= 4 is 45.3 Å². The molecule has 2 heterocycles. The maximum Gasteiger partial charge on any atom is 0.376 e. The largest absolute Gasteiger partial charge is 0.437 e. The summed E-state index contributed by atoms with van der Waals surface area (Å²) in [5, 5.41) is 13.9. The molecule has 2 saturated heterocycles. The van der Waals surface area contributed by atoms with Gasteiger partial charge in [-0.2, -0.15) is 0 Å². The number of nitrogens with one attached hydrogen (secondary N) is 2. The van der Waals surface area contributed by atoms with Gasteiger partial charge in [0.15, 0.2) is 0 Å². The van der Waals surface area contributed by atoms with Crippen molar-refractivity contribution in [1.29, 1.82) is 0 Å². The molecule has 2 atom stereocenters. The second-order valence-corrected chi connectivity index (χ2v) is 13.4. The predicted molar refractivity (Wildman–Crippen MR) is 169 cm³/mol. The Kier molecular flexibility index (Phi) is 9.53. The van der Waals surface area contributed by atoms with Crippen molar-refractivity contribution in [2.24, 2.45) is 5.92 Å². The van der Waals surface area contributed by atoms with E-state index in [9.17, 15) is 23.0 Å². The van der Waals surface area contributed by atoms with Crippen LogP contribution in [-0.4, -0.2) is 98.8 Å². The standard InChI is InChI=1S/C31H40BN5O5S/c1-22-8-4-5-9-24(22)31(39)33-28-12-13-29(26-11-7-6-10-25(26)28)43(41,42)34-27-14-15-36(20-23(27)2)30(38)21-35-16-18-37(19-17-35)32(3)40/h4-13,23,27,34,40H,14-21H2,1-3H3,(H,33,39)/t23-,27+/m1/s1. The SMILES string of the molecule is CB(O)N1CCN(CC(=O)N2CC[C@H](NS(=O)(=O)c3ccc(NC(=O)c4ccccc4C)c4ccccc34)[C@H](C)C2)CC1. The van der Waals surface area contributed by atoms with Gasteiger partial charge in [0.05, 0.1) is 11.4 Å². The number of rotatable bonds is 8. The van der Waals surface area contributed by atoms with Crippen molar-refractivity contribution in [2.45, 2.75) is 38.0 Å². The molecule has 3 aromatic rings. The van der Waals surface area contributed by atoms with Crippen LogP contribution in [-0.2, 0) is 14.8 Å². The third kappa shape index (κ3) is 7.10. The first-order chi connectivity index (χ1) is 20.5. The fourth-order valence-corrected chi connectivity index (χ4v) is 7.62. The summed E-state index contributed by atoms with van der Waals surface area (Å²) in [6.45, 7) is 9.78. The molecule has 2 aliphatic rings. The number of likely N-dealkylation sites (tertiary alicyclic amines) is 1. The molecule has 0 aromatic heterocycles. The molecule has 228 valence electrons. The number of amides is 2.